The van der Waals surface area contributed by atoms with Gasteiger partial charge in [0.05, 0.1) is 5.92 Å². The number of hydrogen-bond donors (Lipinski definition) is 2. The number of carbonyl (C=O) groups is 2. The van der Waals surface area contributed by atoms with Crippen LogP contribution in [-0.4, -0.2) is 46.2 Å². The third-order valence-corrected chi connectivity index (χ3v) is 4.75. The molecule has 1 saturated carbocycles. The first-order valence-corrected chi connectivity index (χ1v) is 7.77. The van der Waals surface area contributed by atoms with Crippen LogP contribution in [0, 0.1) is 11.8 Å². The molecule has 0 spiro atoms. The van der Waals surface area contributed by atoms with Gasteiger partial charge in [-0.15, -0.1) is 0 Å². The number of carbonyl (C=O) groups excluding carboxylic acids is 1. The average molecular weight is 283 g/mol. The van der Waals surface area contributed by atoms with Crippen molar-refractivity contribution < 1.29 is 19.8 Å². The quantitative estimate of drug-likeness (QED) is 0.822. The largest absolute Gasteiger partial charge is 0.481 e. The normalized spacial score (nSPS) is 31.1. The third kappa shape index (κ3) is 3.51. The van der Waals surface area contributed by atoms with E-state index >= 15 is 0 Å². The molecular weight excluding hydrogens is 258 g/mol. The van der Waals surface area contributed by atoms with Gasteiger partial charge in [0.15, 0.2) is 0 Å². The predicted octanol–water partition coefficient (Wildman–Crippen LogP) is 1.64. The highest BCUT2D eigenvalue weighted by molar-refractivity contribution is 5.80. The lowest BCUT2D eigenvalue weighted by atomic mass is 9.80. The van der Waals surface area contributed by atoms with Crippen LogP contribution in [0.3, 0.4) is 0 Å². The number of piperidine rings is 1. The highest BCUT2D eigenvalue weighted by Crippen LogP contribution is 2.32. The van der Waals surface area contributed by atoms with Gasteiger partial charge in [-0.25, -0.2) is 0 Å². The average Bonchev–Trinajstić information content (AvgIpc) is 2.47. The number of amides is 1. The maximum atomic E-state index is 12.7. The molecule has 0 aromatic carbocycles. The standard InChI is InChI=1S/C15H25NO4/c17-9-7-13-6-1-2-8-16(13)14(18)11-4-3-5-12(10-11)15(19)20/h11-13,17H,1-10H2,(H,19,20). The summed E-state index contributed by atoms with van der Waals surface area (Å²) < 4.78 is 0. The second-order valence-corrected chi connectivity index (χ2v) is 6.09. The molecule has 5 heteroatoms. The molecule has 20 heavy (non-hydrogen) atoms. The van der Waals surface area contributed by atoms with Crippen LogP contribution >= 0.6 is 0 Å². The van der Waals surface area contributed by atoms with E-state index in [-0.39, 0.29) is 30.4 Å². The minimum absolute atomic E-state index is 0.108. The fraction of sp³-hybridized carbons (Fsp3) is 0.867. The lowest BCUT2D eigenvalue weighted by molar-refractivity contribution is -0.146. The first kappa shape index (κ1) is 15.3. The van der Waals surface area contributed by atoms with Crippen LogP contribution in [0.5, 0.6) is 0 Å². The molecule has 2 rings (SSSR count). The Morgan fingerprint density at radius 2 is 1.80 bits per heavy atom. The van der Waals surface area contributed by atoms with Gasteiger partial charge in [0.1, 0.15) is 0 Å². The predicted molar refractivity (Wildman–Crippen MR) is 74.1 cm³/mol. The zero-order valence-corrected chi connectivity index (χ0v) is 12.0. The van der Waals surface area contributed by atoms with Crippen LogP contribution in [0.1, 0.15) is 51.4 Å². The smallest absolute Gasteiger partial charge is 0.306 e. The van der Waals surface area contributed by atoms with Crippen LogP contribution in [0.2, 0.25) is 0 Å². The van der Waals surface area contributed by atoms with Crippen LogP contribution in [0.25, 0.3) is 0 Å². The van der Waals surface area contributed by atoms with E-state index in [0.717, 1.165) is 38.6 Å². The molecule has 0 aromatic rings. The van der Waals surface area contributed by atoms with Gasteiger partial charge in [0.25, 0.3) is 0 Å². The second-order valence-electron chi connectivity index (χ2n) is 6.09. The molecule has 1 heterocycles. The molecule has 1 aliphatic carbocycles. The number of aliphatic hydroxyl groups is 1. The van der Waals surface area contributed by atoms with Gasteiger partial charge >= 0.3 is 5.97 Å². The number of likely N-dealkylation sites (tertiary alicyclic amines) is 1. The van der Waals surface area contributed by atoms with Crippen molar-refractivity contribution in [1.29, 1.82) is 0 Å². The van der Waals surface area contributed by atoms with E-state index in [1.54, 1.807) is 0 Å². The van der Waals surface area contributed by atoms with Crippen molar-refractivity contribution in [2.75, 3.05) is 13.2 Å². The first-order valence-electron chi connectivity index (χ1n) is 7.77. The number of carboxylic acids is 1. The van der Waals surface area contributed by atoms with Crippen molar-refractivity contribution in [1.82, 2.24) is 4.90 Å². The van der Waals surface area contributed by atoms with Gasteiger partial charge < -0.3 is 15.1 Å². The van der Waals surface area contributed by atoms with Gasteiger partial charge in [0, 0.05) is 25.1 Å². The topological polar surface area (TPSA) is 77.8 Å². The Hall–Kier alpha value is -1.10. The van der Waals surface area contributed by atoms with Crippen molar-refractivity contribution in [3.8, 4) is 0 Å². The molecule has 0 aromatic heterocycles. The number of nitrogens with zero attached hydrogens (tertiary/aromatic N) is 1. The molecule has 3 unspecified atom stereocenters. The summed E-state index contributed by atoms with van der Waals surface area (Å²) in [5.74, 6) is -1.15. The SMILES string of the molecule is O=C(O)C1CCCC(C(=O)N2CCCCC2CCO)C1. The highest BCUT2D eigenvalue weighted by atomic mass is 16.4. The second kappa shape index (κ2) is 7.07. The molecule has 2 aliphatic rings. The Bertz CT molecular complexity index is 356. The molecule has 0 bridgehead atoms. The fourth-order valence-corrected chi connectivity index (χ4v) is 3.61. The van der Waals surface area contributed by atoms with E-state index in [4.69, 9.17) is 10.2 Å². The van der Waals surface area contributed by atoms with E-state index < -0.39 is 5.97 Å². The van der Waals surface area contributed by atoms with Crippen molar-refractivity contribution in [2.24, 2.45) is 11.8 Å². The van der Waals surface area contributed by atoms with Crippen molar-refractivity contribution >= 4 is 11.9 Å². The maximum absolute atomic E-state index is 12.7. The highest BCUT2D eigenvalue weighted by Gasteiger charge is 2.36. The summed E-state index contributed by atoms with van der Waals surface area (Å²) in [7, 11) is 0. The summed E-state index contributed by atoms with van der Waals surface area (Å²) in [6.07, 6.45) is 6.54. The zero-order valence-electron chi connectivity index (χ0n) is 12.0. The van der Waals surface area contributed by atoms with Crippen molar-refractivity contribution in [3.63, 3.8) is 0 Å². The van der Waals surface area contributed by atoms with E-state index in [1.165, 1.54) is 0 Å². The lowest BCUT2D eigenvalue weighted by Gasteiger charge is -2.39. The first-order chi connectivity index (χ1) is 9.63. The summed E-state index contributed by atoms with van der Waals surface area (Å²) in [6.45, 7) is 0.870. The summed E-state index contributed by atoms with van der Waals surface area (Å²) in [5.41, 5.74) is 0. The number of hydrogen-bond acceptors (Lipinski definition) is 3. The zero-order chi connectivity index (χ0) is 14.5. The Morgan fingerprint density at radius 1 is 1.05 bits per heavy atom. The van der Waals surface area contributed by atoms with Crippen LogP contribution in [0.4, 0.5) is 0 Å². The summed E-state index contributed by atoms with van der Waals surface area (Å²) in [5, 5.41) is 18.3. The minimum atomic E-state index is -0.770. The minimum Gasteiger partial charge on any atom is -0.481 e. The molecule has 1 saturated heterocycles. The Labute approximate surface area is 120 Å². The fourth-order valence-electron chi connectivity index (χ4n) is 3.61. The van der Waals surface area contributed by atoms with Gasteiger partial charge in [0.2, 0.25) is 5.91 Å². The van der Waals surface area contributed by atoms with Crippen LogP contribution in [-0.2, 0) is 9.59 Å². The Kier molecular flexibility index (Phi) is 5.40. The van der Waals surface area contributed by atoms with E-state index in [1.807, 2.05) is 4.90 Å². The molecule has 3 atom stereocenters. The van der Waals surface area contributed by atoms with Gasteiger partial charge in [-0.2, -0.15) is 0 Å². The molecule has 1 amide bonds. The van der Waals surface area contributed by atoms with Crippen LogP contribution < -0.4 is 0 Å². The van der Waals surface area contributed by atoms with E-state index in [0.29, 0.717) is 19.3 Å². The maximum Gasteiger partial charge on any atom is 0.306 e. The molecule has 2 fully saturated rings. The lowest BCUT2D eigenvalue weighted by Crippen LogP contribution is -2.47. The Balaban J connectivity index is 1.99. The third-order valence-electron chi connectivity index (χ3n) is 4.75. The van der Waals surface area contributed by atoms with Gasteiger partial charge in [-0.05, 0) is 44.9 Å². The van der Waals surface area contributed by atoms with Gasteiger partial charge in [-0.1, -0.05) is 6.42 Å². The molecular formula is C15H25NO4. The summed E-state index contributed by atoms with van der Waals surface area (Å²) in [6, 6.07) is 0.145. The summed E-state index contributed by atoms with van der Waals surface area (Å²) in [4.78, 5) is 25.7. The van der Waals surface area contributed by atoms with Gasteiger partial charge in [-0.3, -0.25) is 9.59 Å². The molecule has 5 nitrogen and oxygen atoms in total. The van der Waals surface area contributed by atoms with E-state index in [2.05, 4.69) is 0 Å². The number of rotatable bonds is 4. The number of carboxylic acid groups (broad SMARTS) is 1. The molecule has 0 radical (unpaired) electrons. The summed E-state index contributed by atoms with van der Waals surface area (Å²) >= 11 is 0. The monoisotopic (exact) mass is 283 g/mol. The molecule has 1 aliphatic heterocycles. The number of aliphatic carboxylic acids is 1. The number of aliphatic hydroxyl groups excluding tert-OH is 1. The molecule has 2 N–H and O–H groups in total. The van der Waals surface area contributed by atoms with Crippen molar-refractivity contribution in [2.45, 2.75) is 57.4 Å². The van der Waals surface area contributed by atoms with Crippen molar-refractivity contribution in [3.05, 3.63) is 0 Å². The van der Waals surface area contributed by atoms with E-state index in [9.17, 15) is 9.59 Å². The Morgan fingerprint density at radius 3 is 2.50 bits per heavy atom. The molecule has 114 valence electrons. The van der Waals surface area contributed by atoms with Crippen LogP contribution in [0.15, 0.2) is 0 Å².